The minimum Gasteiger partial charge on any atom is -0.392 e. The number of benzene rings is 1. The summed E-state index contributed by atoms with van der Waals surface area (Å²) in [5, 5.41) is 21.2. The van der Waals surface area contributed by atoms with Crippen molar-refractivity contribution in [2.45, 2.75) is 44.2 Å². The summed E-state index contributed by atoms with van der Waals surface area (Å²) in [6.07, 6.45) is 8.38. The lowest BCUT2D eigenvalue weighted by Gasteiger charge is -2.27. The topological polar surface area (TPSA) is 111 Å². The van der Waals surface area contributed by atoms with Gasteiger partial charge in [-0.3, -0.25) is 4.99 Å². The van der Waals surface area contributed by atoms with E-state index >= 15 is 0 Å². The quantitative estimate of drug-likeness (QED) is 0.317. The number of hydrogen-bond donors (Lipinski definition) is 4. The highest BCUT2D eigenvalue weighted by atomic mass is 16.3. The van der Waals surface area contributed by atoms with Crippen LogP contribution in [0.25, 0.3) is 45.5 Å². The van der Waals surface area contributed by atoms with Crippen LogP contribution < -0.4 is 21.2 Å². The maximum absolute atomic E-state index is 10.4. The van der Waals surface area contributed by atoms with Crippen molar-refractivity contribution in [3.8, 4) is 11.4 Å². The Morgan fingerprint density at radius 2 is 2.05 bits per heavy atom. The minimum atomic E-state index is -0.401. The lowest BCUT2D eigenvalue weighted by Crippen LogP contribution is -2.39. The molecule has 8 heteroatoms. The molecule has 2 unspecified atom stereocenters. The molecule has 4 N–H and O–H groups in total. The summed E-state index contributed by atoms with van der Waals surface area (Å²) in [6, 6.07) is 10.3. The van der Waals surface area contributed by atoms with E-state index in [1.807, 2.05) is 31.5 Å². The van der Waals surface area contributed by atoms with Crippen molar-refractivity contribution >= 4 is 46.1 Å². The van der Waals surface area contributed by atoms with Crippen molar-refractivity contribution in [1.29, 1.82) is 0 Å². The van der Waals surface area contributed by atoms with Crippen LogP contribution in [-0.4, -0.2) is 63.5 Å². The summed E-state index contributed by atoms with van der Waals surface area (Å²) in [4.78, 5) is 22.5. The number of para-hydroxylation sites is 1. The number of H-pyrrole nitrogens is 1. The Labute approximate surface area is 215 Å². The minimum absolute atomic E-state index is 0.0812. The number of pyridine rings is 1. The first-order chi connectivity index (χ1) is 18.1. The molecule has 1 aromatic carbocycles. The van der Waals surface area contributed by atoms with Crippen LogP contribution in [0.4, 0.5) is 5.82 Å². The standard InChI is InChI=1S/C29H33N7O/c1-17-25(23(16-30-2)18-6-5-7-18)29(34-19-10-12-31-15-20(37)14-19)36-27(33-17)22-11-13-32-28-26(22)21-8-3-4-9-24(21)35-28/h3-4,8-9,11,13,16,18-20,31,37H,1,5-7,10,12,14-15H2,2H3,(H,32,35)(H,33,34,36)/b25-23-,30-16-. The monoisotopic (exact) mass is 495 g/mol. The van der Waals surface area contributed by atoms with E-state index in [0.717, 1.165) is 69.9 Å². The molecule has 4 heterocycles. The van der Waals surface area contributed by atoms with Gasteiger partial charge in [0.25, 0.3) is 0 Å². The van der Waals surface area contributed by atoms with Crippen LogP contribution in [0.15, 0.2) is 41.5 Å². The smallest absolute Gasteiger partial charge is 0.162 e. The number of fused-ring (bicyclic) bond motifs is 3. The zero-order valence-electron chi connectivity index (χ0n) is 21.2. The van der Waals surface area contributed by atoms with E-state index in [1.165, 1.54) is 6.42 Å². The van der Waals surface area contributed by atoms with Gasteiger partial charge < -0.3 is 20.7 Å². The Morgan fingerprint density at radius 3 is 2.86 bits per heavy atom. The summed E-state index contributed by atoms with van der Waals surface area (Å²) in [7, 11) is 1.81. The molecule has 1 aliphatic carbocycles. The highest BCUT2D eigenvalue weighted by Crippen LogP contribution is 2.34. The Bertz CT molecular complexity index is 1590. The molecule has 1 aliphatic heterocycles. The van der Waals surface area contributed by atoms with E-state index in [0.29, 0.717) is 30.1 Å². The number of hydrogen-bond acceptors (Lipinski definition) is 7. The van der Waals surface area contributed by atoms with Crippen LogP contribution in [0.2, 0.25) is 0 Å². The van der Waals surface area contributed by atoms with Gasteiger partial charge in [-0.2, -0.15) is 0 Å². The average Bonchev–Trinajstić information content (AvgIpc) is 3.11. The van der Waals surface area contributed by atoms with Gasteiger partial charge in [-0.1, -0.05) is 31.2 Å². The van der Waals surface area contributed by atoms with Crippen LogP contribution in [0.5, 0.6) is 0 Å². The number of β-amino-alcohol motifs (C(OH)–C–C–N with tert-alkyl or cyclic N) is 1. The van der Waals surface area contributed by atoms with Gasteiger partial charge in [0.05, 0.1) is 11.5 Å². The van der Waals surface area contributed by atoms with Crippen LogP contribution >= 0.6 is 0 Å². The number of aromatic nitrogens is 4. The van der Waals surface area contributed by atoms with Gasteiger partial charge in [0.2, 0.25) is 0 Å². The van der Waals surface area contributed by atoms with Gasteiger partial charge >= 0.3 is 0 Å². The van der Waals surface area contributed by atoms with Crippen LogP contribution in [0.1, 0.15) is 32.1 Å². The molecule has 2 atom stereocenters. The maximum atomic E-state index is 10.4. The lowest BCUT2D eigenvalue weighted by molar-refractivity contribution is 0.165. The van der Waals surface area contributed by atoms with Crippen molar-refractivity contribution in [1.82, 2.24) is 25.3 Å². The fourth-order valence-electron chi connectivity index (χ4n) is 5.62. The molecule has 2 fully saturated rings. The third kappa shape index (κ3) is 4.51. The van der Waals surface area contributed by atoms with E-state index in [-0.39, 0.29) is 6.04 Å². The molecule has 1 saturated carbocycles. The molecule has 1 saturated heterocycles. The highest BCUT2D eigenvalue weighted by Gasteiger charge is 2.25. The molecule has 190 valence electrons. The van der Waals surface area contributed by atoms with Crippen molar-refractivity contribution in [2.75, 3.05) is 25.5 Å². The summed E-state index contributed by atoms with van der Waals surface area (Å²) >= 11 is 0. The van der Waals surface area contributed by atoms with Crippen molar-refractivity contribution < 1.29 is 5.11 Å². The Balaban J connectivity index is 1.57. The van der Waals surface area contributed by atoms with Gasteiger partial charge in [-0.15, -0.1) is 0 Å². The second kappa shape index (κ2) is 10.0. The van der Waals surface area contributed by atoms with Gasteiger partial charge in [0, 0.05) is 59.1 Å². The van der Waals surface area contributed by atoms with E-state index in [9.17, 15) is 5.11 Å². The molecule has 0 spiro atoms. The van der Waals surface area contributed by atoms with E-state index < -0.39 is 6.10 Å². The van der Waals surface area contributed by atoms with E-state index in [1.54, 1.807) is 6.20 Å². The van der Waals surface area contributed by atoms with E-state index in [2.05, 4.69) is 44.3 Å². The zero-order valence-corrected chi connectivity index (χ0v) is 21.2. The Kier molecular flexibility index (Phi) is 6.44. The zero-order chi connectivity index (χ0) is 25.4. The fourth-order valence-corrected chi connectivity index (χ4v) is 5.62. The average molecular weight is 496 g/mol. The summed E-state index contributed by atoms with van der Waals surface area (Å²) in [5.41, 5.74) is 3.90. The Hall–Kier alpha value is -3.62. The van der Waals surface area contributed by atoms with Crippen LogP contribution in [0, 0.1) is 5.92 Å². The van der Waals surface area contributed by atoms with Gasteiger partial charge in [0.15, 0.2) is 5.82 Å². The highest BCUT2D eigenvalue weighted by molar-refractivity contribution is 6.12. The molecule has 3 aromatic heterocycles. The number of aromatic amines is 1. The number of aliphatic hydroxyl groups is 1. The van der Waals surface area contributed by atoms with Crippen LogP contribution in [0.3, 0.4) is 0 Å². The number of nitrogens with zero attached hydrogens (tertiary/aromatic N) is 4. The molecular formula is C29H33N7O. The molecule has 6 rings (SSSR count). The number of rotatable bonds is 5. The predicted octanol–water partition coefficient (Wildman–Crippen LogP) is 2.76. The molecule has 8 nitrogen and oxygen atoms in total. The normalized spacial score (nSPS) is 21.8. The summed E-state index contributed by atoms with van der Waals surface area (Å²) in [5.74, 6) is 1.81. The van der Waals surface area contributed by atoms with Crippen molar-refractivity contribution in [3.05, 3.63) is 47.1 Å². The SMILES string of the molecule is C=c1nc(-c2ccnc3[nH]c4ccccc4c23)nc(NC2CCNCC(O)C2)/c1=C(/C=N\C)C1CCC1. The second-order valence-corrected chi connectivity index (χ2v) is 10.2. The second-order valence-electron chi connectivity index (χ2n) is 10.2. The molecule has 4 aromatic rings. The fraction of sp³-hybridized carbons (Fsp3) is 0.379. The predicted molar refractivity (Wildman–Crippen MR) is 150 cm³/mol. The van der Waals surface area contributed by atoms with Crippen LogP contribution in [-0.2, 0) is 0 Å². The summed E-state index contributed by atoms with van der Waals surface area (Å²) < 4.78 is 0. The Morgan fingerprint density at radius 1 is 1.19 bits per heavy atom. The van der Waals surface area contributed by atoms with Gasteiger partial charge in [-0.25, -0.2) is 15.0 Å². The molecule has 0 amide bonds. The maximum Gasteiger partial charge on any atom is 0.162 e. The van der Waals surface area contributed by atoms with Crippen molar-refractivity contribution in [2.24, 2.45) is 10.9 Å². The van der Waals surface area contributed by atoms with Gasteiger partial charge in [-0.05, 0) is 55.9 Å². The number of aliphatic hydroxyl groups excluding tert-OH is 1. The lowest BCUT2D eigenvalue weighted by atomic mass is 9.79. The number of nitrogens with one attached hydrogen (secondary N) is 3. The first-order valence-corrected chi connectivity index (χ1v) is 13.2. The third-order valence-electron chi connectivity index (χ3n) is 7.67. The third-order valence-corrected chi connectivity index (χ3v) is 7.67. The largest absolute Gasteiger partial charge is 0.392 e. The number of anilines is 1. The molecule has 2 aliphatic rings. The first kappa shape index (κ1) is 23.8. The van der Waals surface area contributed by atoms with Gasteiger partial charge in [0.1, 0.15) is 11.5 Å². The van der Waals surface area contributed by atoms with Crippen molar-refractivity contribution in [3.63, 3.8) is 0 Å². The summed E-state index contributed by atoms with van der Waals surface area (Å²) in [6.45, 7) is 5.86. The molecule has 0 radical (unpaired) electrons. The molecule has 0 bridgehead atoms. The molecular weight excluding hydrogens is 462 g/mol. The number of aliphatic imine (C=N–C) groups is 1. The first-order valence-electron chi connectivity index (χ1n) is 13.2. The molecule has 37 heavy (non-hydrogen) atoms. The van der Waals surface area contributed by atoms with E-state index in [4.69, 9.17) is 9.97 Å².